The molecule has 0 bridgehead atoms. The molecule has 2 N–H and O–H groups in total. The molecule has 1 aliphatic rings. The maximum Gasteiger partial charge on any atom is 0.213 e. The molecule has 2 heterocycles. The molecule has 8 heteroatoms. The average Bonchev–Trinajstić information content (AvgIpc) is 3.34. The predicted molar refractivity (Wildman–Crippen MR) is 112 cm³/mol. The summed E-state index contributed by atoms with van der Waals surface area (Å²) in [4.78, 5) is 14.1. The zero-order chi connectivity index (χ0) is 16.8. The molecule has 0 unspecified atom stereocenters. The lowest BCUT2D eigenvalue weighted by Gasteiger charge is -2.11. The minimum absolute atomic E-state index is 0. The quantitative estimate of drug-likeness (QED) is 0.368. The molecular formula is C17H24IN5OS. The summed E-state index contributed by atoms with van der Waals surface area (Å²) in [5.41, 5.74) is 1.11. The van der Waals surface area contributed by atoms with Gasteiger partial charge in [-0.05, 0) is 37.3 Å². The fraction of sp³-hybridized carbons (Fsp3) is 0.471. The lowest BCUT2D eigenvalue weighted by atomic mass is 10.2. The Morgan fingerprint density at radius 3 is 2.80 bits per heavy atom. The van der Waals surface area contributed by atoms with Gasteiger partial charge in [-0.2, -0.15) is 0 Å². The number of ether oxygens (including phenoxy) is 1. The first-order valence-corrected chi connectivity index (χ1v) is 8.98. The lowest BCUT2D eigenvalue weighted by molar-refractivity contribution is 0.288. The van der Waals surface area contributed by atoms with Crippen LogP contribution in [-0.2, 0) is 13.1 Å². The number of nitrogens with one attached hydrogen (secondary N) is 2. The van der Waals surface area contributed by atoms with Crippen molar-refractivity contribution in [2.45, 2.75) is 32.9 Å². The molecule has 1 aliphatic carbocycles. The molecule has 0 atom stereocenters. The Morgan fingerprint density at radius 2 is 2.12 bits per heavy atom. The van der Waals surface area contributed by atoms with Crippen molar-refractivity contribution in [3.05, 3.63) is 40.0 Å². The summed E-state index contributed by atoms with van der Waals surface area (Å²) in [5, 5.41) is 7.62. The summed E-state index contributed by atoms with van der Waals surface area (Å²) in [5.74, 6) is 2.17. The van der Waals surface area contributed by atoms with Crippen LogP contribution in [0.4, 0.5) is 0 Å². The highest BCUT2D eigenvalue weighted by molar-refractivity contribution is 14.0. The van der Waals surface area contributed by atoms with Gasteiger partial charge in [0.15, 0.2) is 5.96 Å². The molecule has 6 nitrogen and oxygen atoms in total. The van der Waals surface area contributed by atoms with Crippen LogP contribution in [0.15, 0.2) is 29.5 Å². The molecule has 25 heavy (non-hydrogen) atoms. The minimum Gasteiger partial charge on any atom is -0.477 e. The Bertz CT molecular complexity index is 702. The topological polar surface area (TPSA) is 71.4 Å². The van der Waals surface area contributed by atoms with E-state index in [2.05, 4.69) is 32.5 Å². The Hall–Kier alpha value is -1.42. The third-order valence-corrected chi connectivity index (χ3v) is 4.64. The number of nitrogens with zero attached hydrogens (tertiary/aromatic N) is 3. The highest BCUT2D eigenvalue weighted by atomic mass is 127. The summed E-state index contributed by atoms with van der Waals surface area (Å²) < 4.78 is 5.72. The van der Waals surface area contributed by atoms with Gasteiger partial charge in [0, 0.05) is 36.9 Å². The molecule has 136 valence electrons. The Balaban J connectivity index is 0.00000225. The first kappa shape index (κ1) is 19.9. The van der Waals surface area contributed by atoms with E-state index in [1.807, 2.05) is 18.3 Å². The van der Waals surface area contributed by atoms with Crippen molar-refractivity contribution < 1.29 is 4.74 Å². The zero-order valence-electron chi connectivity index (χ0n) is 14.5. The molecule has 1 fully saturated rings. The average molecular weight is 473 g/mol. The smallest absolute Gasteiger partial charge is 0.213 e. The van der Waals surface area contributed by atoms with E-state index in [4.69, 9.17) is 4.74 Å². The number of halogens is 1. The van der Waals surface area contributed by atoms with Crippen LogP contribution in [0.2, 0.25) is 0 Å². The van der Waals surface area contributed by atoms with E-state index in [0.717, 1.165) is 29.1 Å². The van der Waals surface area contributed by atoms with Crippen molar-refractivity contribution in [2.24, 2.45) is 10.9 Å². The summed E-state index contributed by atoms with van der Waals surface area (Å²) in [6.07, 6.45) is 6.23. The third-order valence-electron chi connectivity index (χ3n) is 3.72. The number of hydrogen-bond acceptors (Lipinski definition) is 5. The largest absolute Gasteiger partial charge is 0.477 e. The highest BCUT2D eigenvalue weighted by Gasteiger charge is 2.22. The molecule has 2 aromatic heterocycles. The normalized spacial score (nSPS) is 13.9. The van der Waals surface area contributed by atoms with Gasteiger partial charge >= 0.3 is 0 Å². The van der Waals surface area contributed by atoms with Crippen LogP contribution >= 0.6 is 35.3 Å². The van der Waals surface area contributed by atoms with Crippen LogP contribution in [0.5, 0.6) is 5.88 Å². The van der Waals surface area contributed by atoms with Crippen LogP contribution in [0.25, 0.3) is 0 Å². The van der Waals surface area contributed by atoms with Gasteiger partial charge in [-0.25, -0.2) is 9.97 Å². The summed E-state index contributed by atoms with van der Waals surface area (Å²) in [7, 11) is 1.76. The number of thiazole rings is 1. The number of hydrogen-bond donors (Lipinski definition) is 2. The number of pyridine rings is 1. The molecule has 2 aromatic rings. The van der Waals surface area contributed by atoms with E-state index >= 15 is 0 Å². The lowest BCUT2D eigenvalue weighted by Crippen LogP contribution is -2.36. The fourth-order valence-electron chi connectivity index (χ4n) is 2.18. The molecule has 0 spiro atoms. The van der Waals surface area contributed by atoms with Crippen molar-refractivity contribution >= 4 is 41.3 Å². The van der Waals surface area contributed by atoms with E-state index < -0.39 is 0 Å². The predicted octanol–water partition coefficient (Wildman–Crippen LogP) is 3.12. The van der Waals surface area contributed by atoms with Crippen LogP contribution < -0.4 is 15.4 Å². The maximum absolute atomic E-state index is 5.72. The van der Waals surface area contributed by atoms with Gasteiger partial charge in [0.1, 0.15) is 5.01 Å². The number of rotatable bonds is 7. The van der Waals surface area contributed by atoms with Gasteiger partial charge in [0.05, 0.1) is 13.2 Å². The van der Waals surface area contributed by atoms with E-state index in [1.165, 1.54) is 17.7 Å². The Morgan fingerprint density at radius 1 is 1.32 bits per heavy atom. The van der Waals surface area contributed by atoms with Crippen molar-refractivity contribution in [2.75, 3.05) is 13.7 Å². The second kappa shape index (κ2) is 9.91. The van der Waals surface area contributed by atoms with Crippen molar-refractivity contribution in [3.63, 3.8) is 0 Å². The van der Waals surface area contributed by atoms with Gasteiger partial charge in [0.2, 0.25) is 5.88 Å². The number of aromatic nitrogens is 2. The minimum atomic E-state index is 0. The van der Waals surface area contributed by atoms with Crippen molar-refractivity contribution in [3.8, 4) is 5.88 Å². The molecule has 3 rings (SSSR count). The third kappa shape index (κ3) is 6.77. The number of aryl methyl sites for hydroxylation is 1. The second-order valence-corrected chi connectivity index (χ2v) is 7.22. The van der Waals surface area contributed by atoms with Gasteiger partial charge in [0.25, 0.3) is 0 Å². The highest BCUT2D eigenvalue weighted by Crippen LogP contribution is 2.29. The maximum atomic E-state index is 5.72. The monoisotopic (exact) mass is 473 g/mol. The molecule has 0 amide bonds. The number of aliphatic imine (C=N–C) groups is 1. The van der Waals surface area contributed by atoms with E-state index in [1.54, 1.807) is 24.6 Å². The molecule has 0 saturated heterocycles. The van der Waals surface area contributed by atoms with Crippen LogP contribution in [0, 0.1) is 12.8 Å². The van der Waals surface area contributed by atoms with Crippen LogP contribution in [0.3, 0.4) is 0 Å². The summed E-state index contributed by atoms with van der Waals surface area (Å²) in [6.45, 7) is 4.17. The zero-order valence-corrected chi connectivity index (χ0v) is 17.6. The summed E-state index contributed by atoms with van der Waals surface area (Å²) >= 11 is 1.69. The molecular weight excluding hydrogens is 449 g/mol. The van der Waals surface area contributed by atoms with E-state index in [9.17, 15) is 0 Å². The Labute approximate surface area is 169 Å². The SMILES string of the molecule is CN=C(NCc1ccnc(OCC2CC2)c1)NCc1ncc(C)s1.I. The molecule has 0 aromatic carbocycles. The van der Waals surface area contributed by atoms with Crippen molar-refractivity contribution in [1.82, 2.24) is 20.6 Å². The van der Waals surface area contributed by atoms with E-state index in [-0.39, 0.29) is 24.0 Å². The van der Waals surface area contributed by atoms with Gasteiger partial charge in [-0.1, -0.05) is 0 Å². The first-order chi connectivity index (χ1) is 11.7. The standard InChI is InChI=1S/C17H23N5OS.HI/c1-12-8-20-16(24-12)10-22-17(18-2)21-9-14-5-6-19-15(7-14)23-11-13-3-4-13;/h5-8,13H,3-4,9-11H2,1-2H3,(H2,18,21,22);1H. The molecule has 0 radical (unpaired) electrons. The van der Waals surface area contributed by atoms with Gasteiger partial charge in [-0.3, -0.25) is 4.99 Å². The second-order valence-electron chi connectivity index (χ2n) is 5.90. The van der Waals surface area contributed by atoms with Gasteiger partial charge in [-0.15, -0.1) is 35.3 Å². The first-order valence-electron chi connectivity index (χ1n) is 8.16. The van der Waals surface area contributed by atoms with Gasteiger partial charge < -0.3 is 15.4 Å². The Kier molecular flexibility index (Phi) is 7.89. The molecule has 1 saturated carbocycles. The fourth-order valence-corrected chi connectivity index (χ4v) is 2.90. The molecule has 0 aliphatic heterocycles. The van der Waals surface area contributed by atoms with E-state index in [0.29, 0.717) is 19.0 Å². The van der Waals surface area contributed by atoms with Crippen molar-refractivity contribution in [1.29, 1.82) is 0 Å². The summed E-state index contributed by atoms with van der Waals surface area (Å²) in [6, 6.07) is 3.96. The van der Waals surface area contributed by atoms with Crippen LogP contribution in [0.1, 0.15) is 28.3 Å². The number of guanidine groups is 1. The van der Waals surface area contributed by atoms with Crippen LogP contribution in [-0.4, -0.2) is 29.6 Å².